The monoisotopic (exact) mass is 240 g/mol. The topological polar surface area (TPSA) is 102 Å². The summed E-state index contributed by atoms with van der Waals surface area (Å²) in [7, 11) is 1.29. The molecule has 1 unspecified atom stereocenters. The Morgan fingerprint density at radius 1 is 1.65 bits per heavy atom. The molecule has 0 saturated carbocycles. The number of non-ortho nitro benzene ring substituents is 1. The Labute approximate surface area is 97.2 Å². The summed E-state index contributed by atoms with van der Waals surface area (Å²) in [4.78, 5) is 20.7. The van der Waals surface area contributed by atoms with E-state index in [9.17, 15) is 14.9 Å². The molecular formula is C10H12N2O5. The van der Waals surface area contributed by atoms with E-state index in [2.05, 4.69) is 5.32 Å². The van der Waals surface area contributed by atoms with E-state index in [0.717, 1.165) is 0 Å². The molecule has 0 bridgehead atoms. The van der Waals surface area contributed by atoms with E-state index in [-0.39, 0.29) is 12.2 Å². The third-order valence-electron chi connectivity index (χ3n) is 2.11. The van der Waals surface area contributed by atoms with Crippen LogP contribution >= 0.6 is 0 Å². The van der Waals surface area contributed by atoms with Gasteiger partial charge in [-0.05, 0) is 6.07 Å². The number of aliphatic carboxylic acids is 1. The Bertz CT molecular complexity index is 421. The van der Waals surface area contributed by atoms with E-state index in [4.69, 9.17) is 9.84 Å². The predicted octanol–water partition coefficient (Wildman–Crippen LogP) is 1.11. The molecule has 7 nitrogen and oxygen atoms in total. The molecule has 0 amide bonds. The highest BCUT2D eigenvalue weighted by atomic mass is 16.6. The van der Waals surface area contributed by atoms with Gasteiger partial charge in [-0.2, -0.15) is 0 Å². The van der Waals surface area contributed by atoms with Crippen LogP contribution in [0.25, 0.3) is 0 Å². The standard InChI is InChI=1S/C10H12N2O5/c1-17-9(10(13)14)6-11-7-3-2-4-8(5-7)12(15)16/h2-5,9,11H,6H2,1H3,(H,13,14). The Morgan fingerprint density at radius 2 is 2.35 bits per heavy atom. The highest BCUT2D eigenvalue weighted by Gasteiger charge is 2.16. The van der Waals surface area contributed by atoms with Gasteiger partial charge in [0.05, 0.1) is 11.5 Å². The average molecular weight is 240 g/mol. The second-order valence-electron chi connectivity index (χ2n) is 3.25. The van der Waals surface area contributed by atoms with Crippen molar-refractivity contribution in [2.75, 3.05) is 19.0 Å². The SMILES string of the molecule is COC(CNc1cccc([N+](=O)[O-])c1)C(=O)O. The van der Waals surface area contributed by atoms with E-state index in [1.807, 2.05) is 0 Å². The molecule has 17 heavy (non-hydrogen) atoms. The number of carbonyl (C=O) groups is 1. The molecule has 0 aliphatic heterocycles. The van der Waals surface area contributed by atoms with Gasteiger partial charge in [-0.25, -0.2) is 4.79 Å². The maximum absolute atomic E-state index is 10.7. The normalized spacial score (nSPS) is 11.8. The number of hydrogen-bond donors (Lipinski definition) is 2. The third-order valence-corrected chi connectivity index (χ3v) is 2.11. The summed E-state index contributed by atoms with van der Waals surface area (Å²) in [6.45, 7) is 0.0347. The zero-order valence-corrected chi connectivity index (χ0v) is 9.12. The van der Waals surface area contributed by atoms with Crippen LogP contribution < -0.4 is 5.32 Å². The summed E-state index contributed by atoms with van der Waals surface area (Å²) in [6, 6.07) is 5.81. The number of nitro benzene ring substituents is 1. The van der Waals surface area contributed by atoms with Crippen LogP contribution in [0.5, 0.6) is 0 Å². The van der Waals surface area contributed by atoms with Crippen molar-refractivity contribution < 1.29 is 19.6 Å². The Morgan fingerprint density at radius 3 is 2.88 bits per heavy atom. The lowest BCUT2D eigenvalue weighted by molar-refractivity contribution is -0.384. The van der Waals surface area contributed by atoms with Gasteiger partial charge in [0.15, 0.2) is 6.10 Å². The van der Waals surface area contributed by atoms with Crippen LogP contribution in [0.2, 0.25) is 0 Å². The number of carboxylic acid groups (broad SMARTS) is 1. The number of ether oxygens (including phenoxy) is 1. The molecule has 1 aromatic carbocycles. The molecule has 0 aliphatic carbocycles. The number of anilines is 1. The first kappa shape index (κ1) is 12.9. The zero-order chi connectivity index (χ0) is 12.8. The van der Waals surface area contributed by atoms with E-state index >= 15 is 0 Å². The Hall–Kier alpha value is -2.15. The largest absolute Gasteiger partial charge is 0.479 e. The molecule has 1 rings (SSSR count). The second kappa shape index (κ2) is 5.80. The molecule has 0 heterocycles. The highest BCUT2D eigenvalue weighted by molar-refractivity contribution is 5.73. The van der Waals surface area contributed by atoms with Crippen molar-refractivity contribution in [3.05, 3.63) is 34.4 Å². The maximum atomic E-state index is 10.7. The van der Waals surface area contributed by atoms with Crippen molar-refractivity contribution in [3.8, 4) is 0 Å². The summed E-state index contributed by atoms with van der Waals surface area (Å²) in [5.41, 5.74) is 0.418. The zero-order valence-electron chi connectivity index (χ0n) is 9.12. The van der Waals surface area contributed by atoms with Gasteiger partial charge >= 0.3 is 5.97 Å². The van der Waals surface area contributed by atoms with Crippen LogP contribution in [0, 0.1) is 10.1 Å². The second-order valence-corrected chi connectivity index (χ2v) is 3.25. The maximum Gasteiger partial charge on any atom is 0.334 e. The fourth-order valence-electron chi connectivity index (χ4n) is 1.21. The van der Waals surface area contributed by atoms with Gasteiger partial charge < -0.3 is 15.2 Å². The van der Waals surface area contributed by atoms with Crippen LogP contribution in [0.15, 0.2) is 24.3 Å². The fourth-order valence-corrected chi connectivity index (χ4v) is 1.21. The van der Waals surface area contributed by atoms with Crippen LogP contribution in [0.4, 0.5) is 11.4 Å². The predicted molar refractivity (Wildman–Crippen MR) is 60.0 cm³/mol. The number of methoxy groups -OCH3 is 1. The smallest absolute Gasteiger partial charge is 0.334 e. The number of rotatable bonds is 6. The lowest BCUT2D eigenvalue weighted by Crippen LogP contribution is -2.30. The number of nitro groups is 1. The lowest BCUT2D eigenvalue weighted by Gasteiger charge is -2.12. The molecule has 0 aromatic heterocycles. The van der Waals surface area contributed by atoms with E-state index < -0.39 is 17.0 Å². The molecule has 92 valence electrons. The first-order valence-corrected chi connectivity index (χ1v) is 4.78. The number of hydrogen-bond acceptors (Lipinski definition) is 5. The van der Waals surface area contributed by atoms with Crippen molar-refractivity contribution in [2.24, 2.45) is 0 Å². The van der Waals surface area contributed by atoms with Crippen LogP contribution in [-0.2, 0) is 9.53 Å². The van der Waals surface area contributed by atoms with Gasteiger partial charge in [0.2, 0.25) is 0 Å². The molecule has 1 atom stereocenters. The highest BCUT2D eigenvalue weighted by Crippen LogP contribution is 2.16. The number of nitrogens with one attached hydrogen (secondary N) is 1. The molecule has 0 fully saturated rings. The molecule has 0 aliphatic rings. The minimum atomic E-state index is -1.09. The molecule has 1 aromatic rings. The first-order chi connectivity index (χ1) is 8.04. The molecule has 7 heteroatoms. The van der Waals surface area contributed by atoms with Crippen molar-refractivity contribution in [1.29, 1.82) is 0 Å². The third kappa shape index (κ3) is 3.72. The van der Waals surface area contributed by atoms with Gasteiger partial charge in [0, 0.05) is 24.9 Å². The molecular weight excluding hydrogens is 228 g/mol. The Kier molecular flexibility index (Phi) is 4.41. The van der Waals surface area contributed by atoms with Crippen molar-refractivity contribution in [1.82, 2.24) is 0 Å². The minimum absolute atomic E-state index is 0.0347. The van der Waals surface area contributed by atoms with Crippen molar-refractivity contribution >= 4 is 17.3 Å². The van der Waals surface area contributed by atoms with E-state index in [1.165, 1.54) is 25.3 Å². The van der Waals surface area contributed by atoms with Gasteiger partial charge in [-0.15, -0.1) is 0 Å². The van der Waals surface area contributed by atoms with Crippen LogP contribution in [0.3, 0.4) is 0 Å². The van der Waals surface area contributed by atoms with Gasteiger partial charge in [0.1, 0.15) is 0 Å². The average Bonchev–Trinajstić information content (AvgIpc) is 2.29. The number of nitrogens with zero attached hydrogens (tertiary/aromatic N) is 1. The molecule has 0 spiro atoms. The van der Waals surface area contributed by atoms with E-state index in [1.54, 1.807) is 6.07 Å². The van der Waals surface area contributed by atoms with Crippen molar-refractivity contribution in [3.63, 3.8) is 0 Å². The summed E-state index contributed by atoms with van der Waals surface area (Å²) in [6.07, 6.45) is -0.991. The molecule has 0 radical (unpaired) electrons. The van der Waals surface area contributed by atoms with E-state index in [0.29, 0.717) is 5.69 Å². The Balaban J connectivity index is 2.66. The van der Waals surface area contributed by atoms with Crippen LogP contribution in [-0.4, -0.2) is 35.8 Å². The summed E-state index contributed by atoms with van der Waals surface area (Å²) in [5, 5.41) is 22.0. The molecule has 2 N–H and O–H groups in total. The van der Waals surface area contributed by atoms with Gasteiger partial charge in [-0.3, -0.25) is 10.1 Å². The quantitative estimate of drug-likeness (QED) is 0.570. The fraction of sp³-hybridized carbons (Fsp3) is 0.300. The van der Waals surface area contributed by atoms with Gasteiger partial charge in [0.25, 0.3) is 5.69 Å². The molecule has 0 saturated heterocycles. The lowest BCUT2D eigenvalue weighted by atomic mass is 10.2. The number of benzene rings is 1. The summed E-state index contributed by atoms with van der Waals surface area (Å²) in [5.74, 6) is -1.09. The van der Waals surface area contributed by atoms with Crippen LogP contribution in [0.1, 0.15) is 0 Å². The number of carboxylic acids is 1. The first-order valence-electron chi connectivity index (χ1n) is 4.78. The van der Waals surface area contributed by atoms with Crippen molar-refractivity contribution in [2.45, 2.75) is 6.10 Å². The van der Waals surface area contributed by atoms with Gasteiger partial charge in [-0.1, -0.05) is 6.07 Å². The minimum Gasteiger partial charge on any atom is -0.479 e. The summed E-state index contributed by atoms with van der Waals surface area (Å²) < 4.78 is 4.72. The summed E-state index contributed by atoms with van der Waals surface area (Å²) >= 11 is 0.